The van der Waals surface area contributed by atoms with E-state index >= 15 is 0 Å². The largest absolute Gasteiger partial charge is 0.352 e. The third-order valence-electron chi connectivity index (χ3n) is 5.33. The number of hydrogen-bond donors (Lipinski definition) is 0. The highest BCUT2D eigenvalue weighted by Crippen LogP contribution is 2.57. The SMILES string of the molecule is COC(OC)c1ccccc1P(C1CCCC1)C1CCCC1. The Morgan fingerprint density at radius 3 is 1.86 bits per heavy atom. The van der Waals surface area contributed by atoms with Crippen LogP contribution in [-0.2, 0) is 9.47 Å². The van der Waals surface area contributed by atoms with Crippen LogP contribution in [0.1, 0.15) is 63.2 Å². The highest BCUT2D eigenvalue weighted by molar-refractivity contribution is 7.67. The zero-order valence-electron chi connectivity index (χ0n) is 14.0. The Morgan fingerprint density at radius 2 is 1.36 bits per heavy atom. The molecule has 2 aliphatic rings. The molecule has 0 unspecified atom stereocenters. The second-order valence-corrected chi connectivity index (χ2v) is 9.40. The van der Waals surface area contributed by atoms with Gasteiger partial charge in [-0.2, -0.15) is 0 Å². The predicted octanol–water partition coefficient (Wildman–Crippen LogP) is 4.97. The fourth-order valence-corrected chi connectivity index (χ4v) is 8.29. The van der Waals surface area contributed by atoms with E-state index < -0.39 is 0 Å². The van der Waals surface area contributed by atoms with Gasteiger partial charge in [0.25, 0.3) is 0 Å². The van der Waals surface area contributed by atoms with Gasteiger partial charge in [0.15, 0.2) is 6.29 Å². The molecule has 3 heteroatoms. The predicted molar refractivity (Wildman–Crippen MR) is 94.3 cm³/mol. The fourth-order valence-electron chi connectivity index (χ4n) is 4.33. The van der Waals surface area contributed by atoms with Crippen molar-refractivity contribution in [2.24, 2.45) is 0 Å². The third-order valence-corrected chi connectivity index (χ3v) is 8.90. The Hall–Kier alpha value is -0.430. The third kappa shape index (κ3) is 3.40. The monoisotopic (exact) mass is 320 g/mol. The molecule has 0 amide bonds. The summed E-state index contributed by atoms with van der Waals surface area (Å²) in [6.07, 6.45) is 11.2. The van der Waals surface area contributed by atoms with Crippen molar-refractivity contribution in [3.05, 3.63) is 29.8 Å². The quantitative estimate of drug-likeness (QED) is 0.544. The molecule has 1 aromatic carbocycles. The summed E-state index contributed by atoms with van der Waals surface area (Å²) in [5, 5.41) is 1.56. The second-order valence-electron chi connectivity index (χ2n) is 6.65. The molecular weight excluding hydrogens is 291 g/mol. The summed E-state index contributed by atoms with van der Waals surface area (Å²) in [5.74, 6) is 0. The molecule has 3 rings (SSSR count). The number of benzene rings is 1. The average Bonchev–Trinajstić information content (AvgIpc) is 3.24. The van der Waals surface area contributed by atoms with Gasteiger partial charge in [-0.25, -0.2) is 0 Å². The van der Waals surface area contributed by atoms with Gasteiger partial charge < -0.3 is 9.47 Å². The Morgan fingerprint density at radius 1 is 0.864 bits per heavy atom. The van der Waals surface area contributed by atoms with E-state index in [0.29, 0.717) is 0 Å². The minimum Gasteiger partial charge on any atom is -0.352 e. The van der Waals surface area contributed by atoms with Gasteiger partial charge in [-0.15, -0.1) is 0 Å². The van der Waals surface area contributed by atoms with E-state index in [0.717, 1.165) is 11.3 Å². The standard InChI is InChI=1S/C19H29O2P/c1-20-19(21-2)17-13-7-8-14-18(17)22(15-9-3-4-10-15)16-11-5-6-12-16/h7-8,13-16,19H,3-6,9-12H2,1-2H3. The lowest BCUT2D eigenvalue weighted by atomic mass is 10.2. The van der Waals surface area contributed by atoms with Gasteiger partial charge in [0, 0.05) is 19.8 Å². The molecule has 1 aromatic rings. The molecule has 2 fully saturated rings. The van der Waals surface area contributed by atoms with Crippen LogP contribution in [0.2, 0.25) is 0 Å². The summed E-state index contributed by atoms with van der Waals surface area (Å²) < 4.78 is 11.2. The molecule has 2 nitrogen and oxygen atoms in total. The molecule has 122 valence electrons. The Kier molecular flexibility index (Phi) is 5.90. The lowest BCUT2D eigenvalue weighted by molar-refractivity contribution is -0.105. The van der Waals surface area contributed by atoms with Crippen LogP contribution in [0.4, 0.5) is 0 Å². The molecule has 0 heterocycles. The van der Waals surface area contributed by atoms with E-state index in [-0.39, 0.29) is 14.2 Å². The Labute approximate surface area is 136 Å². The van der Waals surface area contributed by atoms with Crippen molar-refractivity contribution < 1.29 is 9.47 Å². The smallest absolute Gasteiger partial charge is 0.183 e. The van der Waals surface area contributed by atoms with E-state index in [1.54, 1.807) is 19.5 Å². The molecule has 22 heavy (non-hydrogen) atoms. The van der Waals surface area contributed by atoms with Crippen LogP contribution < -0.4 is 5.30 Å². The summed E-state index contributed by atoms with van der Waals surface area (Å²) >= 11 is 0. The molecule has 0 spiro atoms. The summed E-state index contributed by atoms with van der Waals surface area (Å²) in [4.78, 5) is 0. The highest BCUT2D eigenvalue weighted by atomic mass is 31.1. The summed E-state index contributed by atoms with van der Waals surface area (Å²) in [6, 6.07) is 8.91. The molecule has 0 bridgehead atoms. The van der Waals surface area contributed by atoms with E-state index in [9.17, 15) is 0 Å². The van der Waals surface area contributed by atoms with Crippen LogP contribution in [0.3, 0.4) is 0 Å². The van der Waals surface area contributed by atoms with Crippen molar-refractivity contribution >= 4 is 13.2 Å². The number of ether oxygens (including phenoxy) is 2. The Balaban J connectivity index is 1.96. The van der Waals surface area contributed by atoms with Gasteiger partial charge in [-0.3, -0.25) is 0 Å². The van der Waals surface area contributed by atoms with Crippen LogP contribution in [0, 0.1) is 0 Å². The first-order chi connectivity index (χ1) is 10.8. The molecule has 0 N–H and O–H groups in total. The number of hydrogen-bond acceptors (Lipinski definition) is 2. The van der Waals surface area contributed by atoms with Crippen LogP contribution >= 0.6 is 7.92 Å². The zero-order chi connectivity index (χ0) is 15.4. The van der Waals surface area contributed by atoms with Crippen molar-refractivity contribution in [2.45, 2.75) is 69.0 Å². The Bertz CT molecular complexity index is 444. The molecule has 2 aliphatic carbocycles. The van der Waals surface area contributed by atoms with Gasteiger partial charge in [0.05, 0.1) is 0 Å². The van der Waals surface area contributed by atoms with E-state index in [2.05, 4.69) is 24.3 Å². The summed E-state index contributed by atoms with van der Waals surface area (Å²) in [5.41, 5.74) is 3.12. The van der Waals surface area contributed by atoms with Gasteiger partial charge in [-0.1, -0.05) is 57.9 Å². The molecular formula is C19H29O2P. The lowest BCUT2D eigenvalue weighted by Gasteiger charge is -2.33. The van der Waals surface area contributed by atoms with Crippen molar-refractivity contribution in [3.63, 3.8) is 0 Å². The fraction of sp³-hybridized carbons (Fsp3) is 0.684. The average molecular weight is 320 g/mol. The minimum atomic E-state index is -0.219. The highest BCUT2D eigenvalue weighted by Gasteiger charge is 2.35. The molecule has 2 saturated carbocycles. The first kappa shape index (κ1) is 16.4. The van der Waals surface area contributed by atoms with Crippen LogP contribution in [0.5, 0.6) is 0 Å². The van der Waals surface area contributed by atoms with Crippen molar-refractivity contribution in [1.29, 1.82) is 0 Å². The molecule has 0 saturated heterocycles. The first-order valence-electron chi connectivity index (χ1n) is 8.78. The molecule has 0 aromatic heterocycles. The summed E-state index contributed by atoms with van der Waals surface area (Å²) in [6.45, 7) is 0. The van der Waals surface area contributed by atoms with Crippen molar-refractivity contribution in [3.8, 4) is 0 Å². The van der Waals surface area contributed by atoms with Crippen molar-refractivity contribution in [2.75, 3.05) is 14.2 Å². The normalized spacial score (nSPS) is 20.5. The first-order valence-corrected chi connectivity index (χ1v) is 10.3. The van der Waals surface area contributed by atoms with Crippen LogP contribution in [-0.4, -0.2) is 25.5 Å². The minimum absolute atomic E-state index is 0.0827. The van der Waals surface area contributed by atoms with Gasteiger partial charge >= 0.3 is 0 Å². The van der Waals surface area contributed by atoms with Gasteiger partial charge in [0.1, 0.15) is 0 Å². The topological polar surface area (TPSA) is 18.5 Å². The van der Waals surface area contributed by atoms with E-state index in [4.69, 9.17) is 9.47 Å². The van der Waals surface area contributed by atoms with E-state index in [1.807, 2.05) is 0 Å². The second kappa shape index (κ2) is 7.90. The molecule has 0 radical (unpaired) electrons. The molecule has 0 atom stereocenters. The summed E-state index contributed by atoms with van der Waals surface area (Å²) in [7, 11) is 3.41. The van der Waals surface area contributed by atoms with Gasteiger partial charge in [-0.05, 0) is 42.3 Å². The zero-order valence-corrected chi connectivity index (χ0v) is 14.9. The molecule has 0 aliphatic heterocycles. The lowest BCUT2D eigenvalue weighted by Crippen LogP contribution is -2.24. The van der Waals surface area contributed by atoms with Gasteiger partial charge in [0.2, 0.25) is 0 Å². The number of methoxy groups -OCH3 is 2. The maximum absolute atomic E-state index is 5.59. The maximum atomic E-state index is 5.59. The number of rotatable bonds is 6. The van der Waals surface area contributed by atoms with Crippen LogP contribution in [0.25, 0.3) is 0 Å². The van der Waals surface area contributed by atoms with E-state index in [1.165, 1.54) is 56.9 Å². The van der Waals surface area contributed by atoms with Crippen LogP contribution in [0.15, 0.2) is 24.3 Å². The maximum Gasteiger partial charge on any atom is 0.183 e. The van der Waals surface area contributed by atoms with Crippen molar-refractivity contribution in [1.82, 2.24) is 0 Å².